The fourth-order valence-electron chi connectivity index (χ4n) is 4.80. The zero-order valence-electron chi connectivity index (χ0n) is 24.8. The van der Waals surface area contributed by atoms with Gasteiger partial charge in [-0.2, -0.15) is 50.8 Å². The van der Waals surface area contributed by atoms with E-state index in [2.05, 4.69) is 53.5 Å². The Morgan fingerprint density at radius 2 is 1.72 bits per heavy atom. The van der Waals surface area contributed by atoms with Gasteiger partial charge in [-0.15, -0.1) is 0 Å². The zero-order valence-corrected chi connectivity index (χ0v) is 27.0. The van der Waals surface area contributed by atoms with Crippen molar-refractivity contribution in [3.63, 3.8) is 0 Å². The third kappa shape index (κ3) is 6.82. The van der Waals surface area contributed by atoms with Crippen LogP contribution in [0.4, 0.5) is 36.4 Å². The Morgan fingerprint density at radius 3 is 2.36 bits per heavy atom. The lowest BCUT2D eigenvalue weighted by Crippen LogP contribution is -2.50. The molecule has 2 N–H and O–H groups in total. The van der Waals surface area contributed by atoms with Gasteiger partial charge in [-0.1, -0.05) is 6.07 Å². The van der Waals surface area contributed by atoms with E-state index in [1.54, 1.807) is 38.1 Å². The molecule has 18 heteroatoms. The highest BCUT2D eigenvalue weighted by atomic mass is 127. The first-order valence-electron chi connectivity index (χ1n) is 14.1. The average Bonchev–Trinajstić information content (AvgIpc) is 3.59. The lowest BCUT2D eigenvalue weighted by molar-refractivity contribution is -0.360. The summed E-state index contributed by atoms with van der Waals surface area (Å²) in [5.74, 6) is -12.7. The van der Waals surface area contributed by atoms with E-state index in [0.717, 1.165) is 21.1 Å². The van der Waals surface area contributed by atoms with Crippen LogP contribution in [0, 0.1) is 23.3 Å². The zero-order chi connectivity index (χ0) is 34.5. The van der Waals surface area contributed by atoms with Crippen LogP contribution in [0.15, 0.2) is 42.7 Å². The molecule has 3 aromatic heterocycles. The van der Waals surface area contributed by atoms with Crippen molar-refractivity contribution in [3.05, 3.63) is 80.1 Å². The normalized spacial score (nSPS) is 14.6. The van der Waals surface area contributed by atoms with Crippen LogP contribution in [0.5, 0.6) is 0 Å². The van der Waals surface area contributed by atoms with Gasteiger partial charge in [0.2, 0.25) is 0 Å². The summed E-state index contributed by atoms with van der Waals surface area (Å²) >= 11 is 2.06. The van der Waals surface area contributed by atoms with E-state index >= 15 is 0 Å². The molecule has 1 unspecified atom stereocenters. The van der Waals surface area contributed by atoms with E-state index in [4.69, 9.17) is 0 Å². The van der Waals surface area contributed by atoms with Gasteiger partial charge in [0.05, 0.1) is 23.1 Å². The van der Waals surface area contributed by atoms with Crippen molar-refractivity contribution >= 4 is 40.1 Å². The number of hydrogen-bond acceptors (Lipinski definition) is 6. The fourth-order valence-corrected chi connectivity index (χ4v) is 5.57. The molecule has 250 valence electrons. The Bertz CT molecular complexity index is 1830. The lowest BCUT2D eigenvalue weighted by atomic mass is 10.1. The maximum atomic E-state index is 14.2. The third-order valence-corrected chi connectivity index (χ3v) is 8.18. The van der Waals surface area contributed by atoms with Crippen LogP contribution in [-0.4, -0.2) is 59.7 Å². The summed E-state index contributed by atoms with van der Waals surface area (Å²) in [6.45, 7) is 4.71. The number of benzene rings is 1. The molecule has 10 nitrogen and oxygen atoms in total. The second-order valence-corrected chi connectivity index (χ2v) is 12.4. The molecule has 1 aliphatic rings. The van der Waals surface area contributed by atoms with Crippen LogP contribution in [0.25, 0.3) is 5.82 Å². The van der Waals surface area contributed by atoms with E-state index < -0.39 is 36.2 Å². The Kier molecular flexibility index (Phi) is 9.10. The minimum Gasteiger partial charge on any atom is -0.349 e. The lowest BCUT2D eigenvalue weighted by Gasteiger charge is -2.26. The van der Waals surface area contributed by atoms with Crippen LogP contribution in [0.3, 0.4) is 0 Å². The molecule has 1 saturated carbocycles. The number of pyridine rings is 1. The monoisotopic (exact) mass is 778 g/mol. The molecule has 1 aliphatic carbocycles. The number of nitrogens with zero attached hydrogens (tertiary/aromatic N) is 6. The summed E-state index contributed by atoms with van der Waals surface area (Å²) < 4.78 is 95.5. The molecule has 0 saturated heterocycles. The Morgan fingerprint density at radius 1 is 1.02 bits per heavy atom. The number of rotatable bonds is 10. The summed E-state index contributed by atoms with van der Waals surface area (Å²) in [6, 6.07) is 7.87. The minimum absolute atomic E-state index is 0.0520. The molecule has 1 atom stereocenters. The number of hydrogen-bond donors (Lipinski definition) is 2. The average molecular weight is 778 g/mol. The fraction of sp³-hybridized carbons (Fsp3) is 0.379. The van der Waals surface area contributed by atoms with Gasteiger partial charge in [0.25, 0.3) is 11.8 Å². The van der Waals surface area contributed by atoms with Crippen molar-refractivity contribution in [3.8, 4) is 5.82 Å². The van der Waals surface area contributed by atoms with Gasteiger partial charge < -0.3 is 10.6 Å². The highest BCUT2D eigenvalue weighted by molar-refractivity contribution is 14.1. The van der Waals surface area contributed by atoms with Crippen LogP contribution in [0.1, 0.15) is 63.1 Å². The molecule has 0 aliphatic heterocycles. The summed E-state index contributed by atoms with van der Waals surface area (Å²) in [5.41, 5.74) is -0.477. The first-order valence-corrected chi connectivity index (χ1v) is 15.1. The summed E-state index contributed by atoms with van der Waals surface area (Å²) in [4.78, 5) is 31.8. The van der Waals surface area contributed by atoms with Crippen molar-refractivity contribution in [1.29, 1.82) is 0 Å². The number of halogens is 8. The summed E-state index contributed by atoms with van der Waals surface area (Å²) in [6.07, 6.45) is -3.00. The number of nitrogens with one attached hydrogen (secondary N) is 2. The van der Waals surface area contributed by atoms with Gasteiger partial charge in [0.15, 0.2) is 11.5 Å². The number of amides is 2. The number of anilines is 1. The predicted molar refractivity (Wildman–Crippen MR) is 162 cm³/mol. The van der Waals surface area contributed by atoms with Crippen LogP contribution in [-0.2, 0) is 12.5 Å². The van der Waals surface area contributed by atoms with E-state index in [9.17, 15) is 40.3 Å². The van der Waals surface area contributed by atoms with Crippen LogP contribution < -0.4 is 10.6 Å². The quantitative estimate of drug-likeness (QED) is 0.146. The summed E-state index contributed by atoms with van der Waals surface area (Å²) in [5, 5.41) is 16.6. The third-order valence-electron chi connectivity index (χ3n) is 7.56. The van der Waals surface area contributed by atoms with E-state index in [-0.39, 0.29) is 46.6 Å². The Hall–Kier alpha value is -4.10. The van der Waals surface area contributed by atoms with Crippen molar-refractivity contribution in [2.45, 2.75) is 64.2 Å². The molecule has 3 heterocycles. The van der Waals surface area contributed by atoms with Gasteiger partial charge in [-0.25, -0.2) is 9.67 Å². The highest BCUT2D eigenvalue weighted by Crippen LogP contribution is 2.51. The van der Waals surface area contributed by atoms with Gasteiger partial charge in [-0.3, -0.25) is 9.59 Å². The predicted octanol–water partition coefficient (Wildman–Crippen LogP) is 6.20. The topological polar surface area (TPSA) is 120 Å². The number of carbonyl (C=O) groups excluding carboxylic acids is 2. The molecular weight excluding hydrogens is 752 g/mol. The van der Waals surface area contributed by atoms with Gasteiger partial charge in [0, 0.05) is 15.8 Å². The minimum atomic E-state index is -6.55. The largest absolute Gasteiger partial charge is 0.460 e. The number of aromatic nitrogens is 6. The van der Waals surface area contributed by atoms with E-state index in [0.29, 0.717) is 21.8 Å². The molecule has 1 fully saturated rings. The molecule has 0 bridgehead atoms. The first-order chi connectivity index (χ1) is 21.9. The van der Waals surface area contributed by atoms with Crippen molar-refractivity contribution in [2.24, 2.45) is 5.92 Å². The molecule has 0 radical (unpaired) electrons. The first kappa shape index (κ1) is 34.2. The van der Waals surface area contributed by atoms with Crippen molar-refractivity contribution in [2.75, 3.05) is 5.32 Å². The van der Waals surface area contributed by atoms with Gasteiger partial charge in [0.1, 0.15) is 12.2 Å². The maximum absolute atomic E-state index is 14.2. The molecule has 5 rings (SSSR count). The number of aryl methyl sites for hydroxylation is 2. The Balaban J connectivity index is 1.48. The maximum Gasteiger partial charge on any atom is 0.460 e. The van der Waals surface area contributed by atoms with Crippen molar-refractivity contribution < 1.29 is 40.3 Å². The molecular formula is C29H26F7IN8O2. The molecule has 47 heavy (non-hydrogen) atoms. The van der Waals surface area contributed by atoms with Crippen LogP contribution in [0.2, 0.25) is 0 Å². The molecule has 2 amide bonds. The Labute approximate surface area is 276 Å². The van der Waals surface area contributed by atoms with E-state index in [1.165, 1.54) is 12.3 Å². The van der Waals surface area contributed by atoms with Gasteiger partial charge in [-0.05, 0) is 97.5 Å². The molecule has 0 spiro atoms. The summed E-state index contributed by atoms with van der Waals surface area (Å²) in [7, 11) is 0. The smallest absolute Gasteiger partial charge is 0.349 e. The van der Waals surface area contributed by atoms with Crippen LogP contribution >= 0.6 is 22.6 Å². The molecule has 4 aromatic rings. The number of alkyl halides is 7. The molecule has 1 aromatic carbocycles. The number of carbonyl (C=O) groups is 2. The van der Waals surface area contributed by atoms with Gasteiger partial charge >= 0.3 is 18.0 Å². The highest BCUT2D eigenvalue weighted by Gasteiger charge is 2.74. The van der Waals surface area contributed by atoms with Crippen molar-refractivity contribution in [1.82, 2.24) is 35.1 Å². The SMILES string of the molecule is Cc1cccnc1-n1nc(Cn2ncc(C(F)(F)C(F)(F)C(F)(F)F)n2)cc1C(=O)Nc1c(C)cc(I)cc1C(=O)NC(C)C1CC1. The second-order valence-electron chi connectivity index (χ2n) is 11.2. The standard InChI is InChI=1S/C29H26F7IN8O2/c1-14-5-4-8-38-24(14)45-21(11-19(42-45)13-44-39-12-22(43-44)27(30,31)28(32,33)29(34,35)36)26(47)41-23-15(2)9-18(37)10-20(23)25(46)40-16(3)17-6-7-17/h4-5,8-12,16-17H,6-7,13H2,1-3H3,(H,40,46)(H,41,47). The van der Waals surface area contributed by atoms with E-state index in [1.807, 2.05) is 6.92 Å². The second kappa shape index (κ2) is 12.5.